The van der Waals surface area contributed by atoms with Gasteiger partial charge in [-0.25, -0.2) is 0 Å². The van der Waals surface area contributed by atoms with Crippen LogP contribution in [0.1, 0.15) is 35.3 Å². The lowest BCUT2D eigenvalue weighted by Crippen LogP contribution is -2.45. The number of carbonyl (C=O) groups is 2. The molecule has 0 radical (unpaired) electrons. The van der Waals surface area contributed by atoms with Crippen LogP contribution in [0.2, 0.25) is 0 Å². The van der Waals surface area contributed by atoms with E-state index in [-0.39, 0.29) is 24.2 Å². The Kier molecular flexibility index (Phi) is 7.33. The number of likely N-dealkylation sites (tertiary alicyclic amines) is 1. The fourth-order valence-corrected chi connectivity index (χ4v) is 5.62. The number of amides is 1. The average Bonchev–Trinajstić information content (AvgIpc) is 3.32. The first-order valence-corrected chi connectivity index (χ1v) is 12.2. The molecule has 8 heteroatoms. The van der Waals surface area contributed by atoms with Crippen molar-refractivity contribution in [2.24, 2.45) is 16.8 Å². The molecule has 0 bridgehead atoms. The van der Waals surface area contributed by atoms with Gasteiger partial charge in [-0.15, -0.1) is 11.3 Å². The fourth-order valence-electron chi connectivity index (χ4n) is 4.92. The van der Waals surface area contributed by atoms with Crippen LogP contribution < -0.4 is 9.47 Å². The minimum Gasteiger partial charge on any atom is -0.493 e. The van der Waals surface area contributed by atoms with Crippen LogP contribution in [-0.2, 0) is 22.4 Å². The Bertz CT molecular complexity index is 1030. The van der Waals surface area contributed by atoms with Gasteiger partial charge in [0.1, 0.15) is 0 Å². The molecule has 4 rings (SSSR count). The van der Waals surface area contributed by atoms with Gasteiger partial charge in [0.25, 0.3) is 0 Å². The van der Waals surface area contributed by atoms with Crippen LogP contribution in [0.3, 0.4) is 0 Å². The highest BCUT2D eigenvalue weighted by Gasteiger charge is 2.34. The predicted molar refractivity (Wildman–Crippen MR) is 128 cm³/mol. The highest BCUT2D eigenvalue weighted by molar-refractivity contribution is 7.10. The number of hydrogen-bond acceptors (Lipinski definition) is 6. The second-order valence-corrected chi connectivity index (χ2v) is 9.68. The summed E-state index contributed by atoms with van der Waals surface area (Å²) in [5.74, 6) is 0.726. The van der Waals surface area contributed by atoms with Gasteiger partial charge in [-0.1, -0.05) is 6.07 Å². The molecule has 176 valence electrons. The van der Waals surface area contributed by atoms with Crippen molar-refractivity contribution in [2.45, 2.75) is 32.1 Å². The normalized spacial score (nSPS) is 20.1. The zero-order valence-corrected chi connectivity index (χ0v) is 19.9. The molecule has 33 heavy (non-hydrogen) atoms. The molecular weight excluding hydrogens is 440 g/mol. The van der Waals surface area contributed by atoms with Crippen molar-refractivity contribution < 1.29 is 24.2 Å². The Labute approximate surface area is 198 Å². The van der Waals surface area contributed by atoms with Crippen LogP contribution in [0.15, 0.2) is 34.6 Å². The molecule has 7 nitrogen and oxygen atoms in total. The SMILES string of the molecule is COc1cc2c(cc1OC)C(C[C@H]1CN(C(=O)Cc3cccs3)CC[C@H]1CC(=O)O)=NCC2. The summed E-state index contributed by atoms with van der Waals surface area (Å²) in [5.41, 5.74) is 3.16. The van der Waals surface area contributed by atoms with E-state index in [0.717, 1.165) is 28.1 Å². The highest BCUT2D eigenvalue weighted by atomic mass is 32.1. The van der Waals surface area contributed by atoms with E-state index in [1.807, 2.05) is 34.5 Å². The maximum absolute atomic E-state index is 12.9. The number of carboxylic acid groups (broad SMARTS) is 1. The largest absolute Gasteiger partial charge is 0.493 e. The van der Waals surface area contributed by atoms with Crippen LogP contribution in [0.4, 0.5) is 0 Å². The van der Waals surface area contributed by atoms with Gasteiger partial charge < -0.3 is 19.5 Å². The molecule has 1 aromatic carbocycles. The van der Waals surface area contributed by atoms with Gasteiger partial charge in [-0.05, 0) is 60.2 Å². The molecule has 2 aliphatic heterocycles. The lowest BCUT2D eigenvalue weighted by atomic mass is 9.78. The summed E-state index contributed by atoms with van der Waals surface area (Å²) >= 11 is 1.59. The third-order valence-electron chi connectivity index (χ3n) is 6.65. The molecule has 0 aliphatic carbocycles. The Balaban J connectivity index is 1.55. The Morgan fingerprint density at radius 2 is 2.00 bits per heavy atom. The van der Waals surface area contributed by atoms with E-state index >= 15 is 0 Å². The van der Waals surface area contributed by atoms with Crippen LogP contribution in [0.25, 0.3) is 0 Å². The molecule has 1 aromatic heterocycles. The van der Waals surface area contributed by atoms with Gasteiger partial charge in [0.05, 0.1) is 20.6 Å². The molecule has 2 atom stereocenters. The van der Waals surface area contributed by atoms with Crippen molar-refractivity contribution in [1.82, 2.24) is 4.90 Å². The van der Waals surface area contributed by atoms with Crippen molar-refractivity contribution in [2.75, 3.05) is 33.9 Å². The number of fused-ring (bicyclic) bond motifs is 1. The minimum atomic E-state index is -0.791. The summed E-state index contributed by atoms with van der Waals surface area (Å²) in [4.78, 5) is 32.3. The van der Waals surface area contributed by atoms with E-state index in [1.54, 1.807) is 25.6 Å². The van der Waals surface area contributed by atoms with Crippen LogP contribution in [0, 0.1) is 11.8 Å². The third kappa shape index (κ3) is 5.38. The maximum atomic E-state index is 12.9. The van der Waals surface area contributed by atoms with Crippen molar-refractivity contribution in [3.05, 3.63) is 45.6 Å². The first-order chi connectivity index (χ1) is 16.0. The van der Waals surface area contributed by atoms with Crippen molar-refractivity contribution in [1.29, 1.82) is 0 Å². The summed E-state index contributed by atoms with van der Waals surface area (Å²) < 4.78 is 11.0. The Morgan fingerprint density at radius 1 is 1.21 bits per heavy atom. The maximum Gasteiger partial charge on any atom is 0.303 e. The molecule has 1 N–H and O–H groups in total. The van der Waals surface area contributed by atoms with Crippen molar-refractivity contribution in [3.63, 3.8) is 0 Å². The molecular formula is C25H30N2O5S. The van der Waals surface area contributed by atoms with Gasteiger partial charge in [0, 0.05) is 42.2 Å². The minimum absolute atomic E-state index is 0.0153. The summed E-state index contributed by atoms with van der Waals surface area (Å²) in [6, 6.07) is 7.92. The van der Waals surface area contributed by atoms with Crippen LogP contribution in [0.5, 0.6) is 11.5 Å². The van der Waals surface area contributed by atoms with E-state index in [2.05, 4.69) is 0 Å². The van der Waals surface area contributed by atoms with Crippen LogP contribution >= 0.6 is 11.3 Å². The number of piperidine rings is 1. The van der Waals surface area contributed by atoms with E-state index < -0.39 is 5.97 Å². The van der Waals surface area contributed by atoms with Crippen molar-refractivity contribution in [3.8, 4) is 11.5 Å². The standard InChI is InChI=1S/C25H30N2O5S/c1-31-22-11-17-5-7-26-21(20(17)14-23(22)32-2)10-18-15-27(8-6-16(18)12-25(29)30)24(28)13-19-4-3-9-33-19/h3-4,9,11,14,16,18H,5-8,10,12-13,15H2,1-2H3,(H,29,30)/t16-,18-/m0/s1. The number of carbonyl (C=O) groups excluding carboxylic acids is 1. The number of carboxylic acids is 1. The second-order valence-electron chi connectivity index (χ2n) is 8.65. The number of aliphatic imine (C=N–C) groups is 1. The molecule has 0 saturated carbocycles. The molecule has 2 aromatic rings. The van der Waals surface area contributed by atoms with Crippen molar-refractivity contribution >= 4 is 28.9 Å². The lowest BCUT2D eigenvalue weighted by Gasteiger charge is -2.39. The second kappa shape index (κ2) is 10.4. The molecule has 2 aliphatic rings. The van der Waals surface area contributed by atoms with E-state index in [9.17, 15) is 14.7 Å². The number of aliphatic carboxylic acids is 1. The quantitative estimate of drug-likeness (QED) is 0.636. The smallest absolute Gasteiger partial charge is 0.303 e. The fraction of sp³-hybridized carbons (Fsp3) is 0.480. The Morgan fingerprint density at radius 3 is 2.70 bits per heavy atom. The molecule has 0 unspecified atom stereocenters. The van der Waals surface area contributed by atoms with Gasteiger partial charge in [0.15, 0.2) is 11.5 Å². The lowest BCUT2D eigenvalue weighted by molar-refractivity contribution is -0.139. The number of nitrogens with zero attached hydrogens (tertiary/aromatic N) is 2. The molecule has 1 saturated heterocycles. The first-order valence-electron chi connectivity index (χ1n) is 11.3. The zero-order chi connectivity index (χ0) is 23.4. The van der Waals surface area contributed by atoms with Gasteiger partial charge in [-0.2, -0.15) is 0 Å². The average molecular weight is 471 g/mol. The molecule has 1 fully saturated rings. The number of ether oxygens (including phenoxy) is 2. The van der Waals surface area contributed by atoms with Crippen LogP contribution in [-0.4, -0.2) is 61.4 Å². The van der Waals surface area contributed by atoms with Gasteiger partial charge in [-0.3, -0.25) is 14.6 Å². The highest BCUT2D eigenvalue weighted by Crippen LogP contribution is 2.36. The van der Waals surface area contributed by atoms with E-state index in [4.69, 9.17) is 14.5 Å². The van der Waals surface area contributed by atoms with Gasteiger partial charge in [0.2, 0.25) is 5.91 Å². The number of hydrogen-bond donors (Lipinski definition) is 1. The molecule has 0 spiro atoms. The summed E-state index contributed by atoms with van der Waals surface area (Å²) in [5, 5.41) is 11.5. The van der Waals surface area contributed by atoms with E-state index in [1.165, 1.54) is 0 Å². The van der Waals surface area contributed by atoms with Gasteiger partial charge >= 0.3 is 5.97 Å². The number of benzene rings is 1. The first kappa shape index (κ1) is 23.3. The summed E-state index contributed by atoms with van der Waals surface area (Å²) in [6.45, 7) is 1.85. The number of methoxy groups -OCH3 is 2. The predicted octanol–water partition coefficient (Wildman–Crippen LogP) is 3.68. The number of thiophene rings is 1. The summed E-state index contributed by atoms with van der Waals surface area (Å²) in [7, 11) is 3.24. The van der Waals surface area contributed by atoms with E-state index in [0.29, 0.717) is 50.4 Å². The molecule has 1 amide bonds. The summed E-state index contributed by atoms with van der Waals surface area (Å²) in [6.07, 6.45) is 2.68. The Hall–Kier alpha value is -2.87. The number of rotatable bonds is 8. The topological polar surface area (TPSA) is 88.4 Å². The monoisotopic (exact) mass is 470 g/mol. The zero-order valence-electron chi connectivity index (χ0n) is 19.1. The molecule has 3 heterocycles. The third-order valence-corrected chi connectivity index (χ3v) is 7.52.